The summed E-state index contributed by atoms with van der Waals surface area (Å²) in [6, 6.07) is 1.06. The Hall–Kier alpha value is -1.69. The van der Waals surface area contributed by atoms with Crippen molar-refractivity contribution in [3.8, 4) is 0 Å². The van der Waals surface area contributed by atoms with Crippen LogP contribution in [0.25, 0.3) is 0 Å². The SMILES string of the molecule is Cc1nnc(CN2CCCC2c2nc3c([nH]2)CCCC3)n1C1CC1. The molecule has 0 amide bonds. The fourth-order valence-electron chi connectivity index (χ4n) is 4.47. The summed E-state index contributed by atoms with van der Waals surface area (Å²) in [6.45, 7) is 4.11. The van der Waals surface area contributed by atoms with Gasteiger partial charge in [-0.2, -0.15) is 0 Å². The maximum Gasteiger partial charge on any atom is 0.147 e. The Bertz CT molecular complexity index is 717. The molecule has 2 fully saturated rings. The smallest absolute Gasteiger partial charge is 0.147 e. The van der Waals surface area contributed by atoms with Crippen LogP contribution in [0.5, 0.6) is 0 Å². The first-order chi connectivity index (χ1) is 11.8. The summed E-state index contributed by atoms with van der Waals surface area (Å²) >= 11 is 0. The highest BCUT2D eigenvalue weighted by molar-refractivity contribution is 5.19. The first kappa shape index (κ1) is 14.6. The van der Waals surface area contributed by atoms with Crippen molar-refractivity contribution in [2.45, 2.75) is 76.9 Å². The van der Waals surface area contributed by atoms with Crippen LogP contribution in [0.4, 0.5) is 0 Å². The van der Waals surface area contributed by atoms with Gasteiger partial charge in [-0.3, -0.25) is 4.90 Å². The molecule has 2 aromatic rings. The van der Waals surface area contributed by atoms with E-state index >= 15 is 0 Å². The molecule has 0 radical (unpaired) electrons. The van der Waals surface area contributed by atoms with Gasteiger partial charge < -0.3 is 9.55 Å². The minimum atomic E-state index is 0.417. The number of likely N-dealkylation sites (tertiary alicyclic amines) is 1. The van der Waals surface area contributed by atoms with Crippen LogP contribution in [-0.4, -0.2) is 36.2 Å². The summed E-state index contributed by atoms with van der Waals surface area (Å²) in [6.07, 6.45) is 9.90. The van der Waals surface area contributed by atoms with E-state index in [4.69, 9.17) is 4.98 Å². The largest absolute Gasteiger partial charge is 0.344 e. The Kier molecular flexibility index (Phi) is 3.47. The van der Waals surface area contributed by atoms with E-state index < -0.39 is 0 Å². The van der Waals surface area contributed by atoms with E-state index in [1.54, 1.807) is 0 Å². The Morgan fingerprint density at radius 2 is 1.96 bits per heavy atom. The average molecular weight is 326 g/mol. The highest BCUT2D eigenvalue weighted by Gasteiger charge is 2.33. The van der Waals surface area contributed by atoms with Crippen LogP contribution in [-0.2, 0) is 19.4 Å². The molecule has 24 heavy (non-hydrogen) atoms. The average Bonchev–Trinajstić information content (AvgIpc) is 3.02. The van der Waals surface area contributed by atoms with E-state index in [1.807, 2.05) is 0 Å². The first-order valence-corrected chi connectivity index (χ1v) is 9.51. The van der Waals surface area contributed by atoms with Crippen LogP contribution in [0, 0.1) is 6.92 Å². The summed E-state index contributed by atoms with van der Waals surface area (Å²) in [5.74, 6) is 3.39. The normalized spacial score (nSPS) is 24.5. The Balaban J connectivity index is 1.39. The number of aromatic amines is 1. The van der Waals surface area contributed by atoms with E-state index in [-0.39, 0.29) is 0 Å². The highest BCUT2D eigenvalue weighted by atomic mass is 15.3. The second-order valence-corrected chi connectivity index (χ2v) is 7.65. The lowest BCUT2D eigenvalue weighted by Gasteiger charge is -2.22. The lowest BCUT2D eigenvalue weighted by Crippen LogP contribution is -2.25. The zero-order valence-corrected chi connectivity index (χ0v) is 14.5. The zero-order valence-electron chi connectivity index (χ0n) is 14.5. The van der Waals surface area contributed by atoms with E-state index in [0.29, 0.717) is 12.1 Å². The summed E-state index contributed by atoms with van der Waals surface area (Å²) in [5.41, 5.74) is 2.71. The van der Waals surface area contributed by atoms with Gasteiger partial charge in [0.15, 0.2) is 0 Å². The molecular formula is C18H26N6. The second kappa shape index (κ2) is 5.69. The van der Waals surface area contributed by atoms with Gasteiger partial charge in [-0.1, -0.05) is 0 Å². The molecule has 1 N–H and O–H groups in total. The van der Waals surface area contributed by atoms with Gasteiger partial charge in [-0.05, 0) is 64.8 Å². The van der Waals surface area contributed by atoms with Crippen molar-refractivity contribution in [1.82, 2.24) is 29.6 Å². The third kappa shape index (κ3) is 2.48. The van der Waals surface area contributed by atoms with Gasteiger partial charge in [-0.25, -0.2) is 4.98 Å². The number of hydrogen-bond donors (Lipinski definition) is 1. The number of hydrogen-bond acceptors (Lipinski definition) is 4. The first-order valence-electron chi connectivity index (χ1n) is 9.51. The number of nitrogens with zero attached hydrogens (tertiary/aromatic N) is 5. The number of imidazole rings is 1. The van der Waals surface area contributed by atoms with Gasteiger partial charge in [0, 0.05) is 11.7 Å². The van der Waals surface area contributed by atoms with Crippen molar-refractivity contribution >= 4 is 0 Å². The Labute approximate surface area is 142 Å². The quantitative estimate of drug-likeness (QED) is 0.938. The lowest BCUT2D eigenvalue weighted by atomic mass is 10.0. The zero-order chi connectivity index (χ0) is 16.1. The Morgan fingerprint density at radius 3 is 2.79 bits per heavy atom. The van der Waals surface area contributed by atoms with Gasteiger partial charge >= 0.3 is 0 Å². The molecule has 5 rings (SSSR count). The summed E-state index contributed by atoms with van der Waals surface area (Å²) < 4.78 is 2.36. The number of H-pyrrole nitrogens is 1. The number of nitrogens with one attached hydrogen (secondary N) is 1. The van der Waals surface area contributed by atoms with Gasteiger partial charge in [0.2, 0.25) is 0 Å². The number of rotatable bonds is 4. The molecule has 2 aromatic heterocycles. The van der Waals surface area contributed by atoms with Crippen molar-refractivity contribution in [1.29, 1.82) is 0 Å². The van der Waals surface area contributed by atoms with E-state index in [1.165, 1.54) is 62.2 Å². The molecule has 2 aliphatic carbocycles. The van der Waals surface area contributed by atoms with Crippen LogP contribution in [0.1, 0.15) is 79.5 Å². The van der Waals surface area contributed by atoms with E-state index in [0.717, 1.165) is 31.2 Å². The minimum Gasteiger partial charge on any atom is -0.344 e. The third-order valence-electron chi connectivity index (χ3n) is 5.85. The van der Waals surface area contributed by atoms with Crippen molar-refractivity contribution < 1.29 is 0 Å². The summed E-state index contributed by atoms with van der Waals surface area (Å²) in [4.78, 5) is 11.2. The standard InChI is InChI=1S/C18H26N6/c1-12-21-22-17(24(12)13-8-9-13)11-23-10-4-7-16(23)18-19-14-5-2-3-6-15(14)20-18/h13,16H,2-11H2,1H3,(H,19,20). The van der Waals surface area contributed by atoms with Crippen molar-refractivity contribution in [3.05, 3.63) is 28.9 Å². The Morgan fingerprint density at radius 1 is 1.08 bits per heavy atom. The lowest BCUT2D eigenvalue weighted by molar-refractivity contribution is 0.231. The molecule has 6 heteroatoms. The molecule has 0 aromatic carbocycles. The van der Waals surface area contributed by atoms with Crippen LogP contribution in [0.15, 0.2) is 0 Å². The van der Waals surface area contributed by atoms with Gasteiger partial charge in [-0.15, -0.1) is 10.2 Å². The van der Waals surface area contributed by atoms with Crippen molar-refractivity contribution in [2.75, 3.05) is 6.54 Å². The number of aromatic nitrogens is 5. The topological polar surface area (TPSA) is 62.6 Å². The van der Waals surface area contributed by atoms with Gasteiger partial charge in [0.05, 0.1) is 18.3 Å². The molecule has 3 heterocycles. The fourth-order valence-corrected chi connectivity index (χ4v) is 4.47. The monoisotopic (exact) mass is 326 g/mol. The van der Waals surface area contributed by atoms with Crippen LogP contribution in [0.2, 0.25) is 0 Å². The molecule has 128 valence electrons. The minimum absolute atomic E-state index is 0.417. The molecule has 1 unspecified atom stereocenters. The molecule has 0 spiro atoms. The predicted molar refractivity (Wildman–Crippen MR) is 90.6 cm³/mol. The number of fused-ring (bicyclic) bond motifs is 1. The molecule has 1 atom stereocenters. The van der Waals surface area contributed by atoms with Crippen molar-refractivity contribution in [2.24, 2.45) is 0 Å². The summed E-state index contributed by atoms with van der Waals surface area (Å²) in [5, 5.41) is 8.81. The molecular weight excluding hydrogens is 300 g/mol. The molecule has 3 aliphatic rings. The highest BCUT2D eigenvalue weighted by Crippen LogP contribution is 2.38. The maximum atomic E-state index is 4.96. The third-order valence-corrected chi connectivity index (χ3v) is 5.85. The van der Waals surface area contributed by atoms with E-state index in [9.17, 15) is 0 Å². The predicted octanol–water partition coefficient (Wildman–Crippen LogP) is 2.86. The van der Waals surface area contributed by atoms with Gasteiger partial charge in [0.1, 0.15) is 17.5 Å². The molecule has 1 aliphatic heterocycles. The molecule has 1 saturated carbocycles. The van der Waals surface area contributed by atoms with E-state index in [2.05, 4.69) is 31.6 Å². The maximum absolute atomic E-state index is 4.96. The van der Waals surface area contributed by atoms with Crippen LogP contribution in [0.3, 0.4) is 0 Å². The molecule has 0 bridgehead atoms. The van der Waals surface area contributed by atoms with Crippen LogP contribution >= 0.6 is 0 Å². The number of aryl methyl sites for hydroxylation is 3. The van der Waals surface area contributed by atoms with Crippen LogP contribution < -0.4 is 0 Å². The fraction of sp³-hybridized carbons (Fsp3) is 0.722. The molecule has 1 saturated heterocycles. The van der Waals surface area contributed by atoms with Crippen molar-refractivity contribution in [3.63, 3.8) is 0 Å². The van der Waals surface area contributed by atoms with Gasteiger partial charge in [0.25, 0.3) is 0 Å². The summed E-state index contributed by atoms with van der Waals surface area (Å²) in [7, 11) is 0. The second-order valence-electron chi connectivity index (χ2n) is 7.65. The molecule has 6 nitrogen and oxygen atoms in total.